The molecule has 8 heteroatoms. The average Bonchev–Trinajstić information content (AvgIpc) is 2.99. The van der Waals surface area contributed by atoms with E-state index < -0.39 is 10.9 Å². The molecule has 106 valence electrons. The Bertz CT molecular complexity index is 881. The number of nitrogens with zero attached hydrogens (tertiary/aromatic N) is 3. The van der Waals surface area contributed by atoms with Gasteiger partial charge < -0.3 is 5.11 Å². The Balaban J connectivity index is 2.19. The topological polar surface area (TPSA) is 97.7 Å². The van der Waals surface area contributed by atoms with Crippen LogP contribution in [0.1, 0.15) is 15.4 Å². The Morgan fingerprint density at radius 1 is 1.43 bits per heavy atom. The second kappa shape index (κ2) is 4.67. The number of carbonyl (C=O) groups is 1. The van der Waals surface area contributed by atoms with Crippen LogP contribution < -0.4 is 0 Å². The number of nitro groups is 1. The summed E-state index contributed by atoms with van der Waals surface area (Å²) in [5.74, 6) is -1.00. The summed E-state index contributed by atoms with van der Waals surface area (Å²) in [4.78, 5) is 26.7. The molecule has 0 bridgehead atoms. The molecule has 0 unspecified atom stereocenters. The number of nitro benzene ring substituents is 1. The van der Waals surface area contributed by atoms with Gasteiger partial charge in [-0.25, -0.2) is 9.78 Å². The van der Waals surface area contributed by atoms with Crippen LogP contribution in [0, 0.1) is 17.0 Å². The van der Waals surface area contributed by atoms with E-state index in [0.29, 0.717) is 21.9 Å². The molecule has 1 aromatic carbocycles. The van der Waals surface area contributed by atoms with Gasteiger partial charge in [0.1, 0.15) is 4.88 Å². The van der Waals surface area contributed by atoms with Crippen LogP contribution in [-0.2, 0) is 0 Å². The number of carboxylic acids is 1. The molecule has 0 saturated carbocycles. The smallest absolute Gasteiger partial charge is 0.347 e. The van der Waals surface area contributed by atoms with E-state index in [1.165, 1.54) is 6.07 Å². The Labute approximate surface area is 122 Å². The molecular weight excluding hydrogens is 294 g/mol. The summed E-state index contributed by atoms with van der Waals surface area (Å²) >= 11 is 1.04. The van der Waals surface area contributed by atoms with Crippen molar-refractivity contribution in [3.8, 4) is 11.3 Å². The third-order valence-corrected chi connectivity index (χ3v) is 4.27. The lowest BCUT2D eigenvalue weighted by Gasteiger charge is -1.98. The van der Waals surface area contributed by atoms with Crippen molar-refractivity contribution in [2.75, 3.05) is 0 Å². The van der Waals surface area contributed by atoms with E-state index in [0.717, 1.165) is 11.3 Å². The van der Waals surface area contributed by atoms with Crippen molar-refractivity contribution in [3.05, 3.63) is 51.1 Å². The summed E-state index contributed by atoms with van der Waals surface area (Å²) < 4.78 is 1.64. The lowest BCUT2D eigenvalue weighted by atomic mass is 10.1. The highest BCUT2D eigenvalue weighted by atomic mass is 32.1. The van der Waals surface area contributed by atoms with Crippen LogP contribution in [-0.4, -0.2) is 25.4 Å². The van der Waals surface area contributed by atoms with Crippen LogP contribution in [0.2, 0.25) is 0 Å². The van der Waals surface area contributed by atoms with Crippen molar-refractivity contribution in [2.24, 2.45) is 0 Å². The number of carboxylic acid groups (broad SMARTS) is 1. The van der Waals surface area contributed by atoms with Crippen LogP contribution in [0.15, 0.2) is 30.5 Å². The van der Waals surface area contributed by atoms with E-state index in [4.69, 9.17) is 5.11 Å². The van der Waals surface area contributed by atoms with Gasteiger partial charge in [0.25, 0.3) is 5.69 Å². The number of fused-ring (bicyclic) bond motifs is 1. The van der Waals surface area contributed by atoms with E-state index in [2.05, 4.69) is 4.98 Å². The van der Waals surface area contributed by atoms with Gasteiger partial charge in [0.15, 0.2) is 4.96 Å². The van der Waals surface area contributed by atoms with Crippen LogP contribution in [0.5, 0.6) is 0 Å². The highest BCUT2D eigenvalue weighted by molar-refractivity contribution is 7.19. The van der Waals surface area contributed by atoms with Crippen molar-refractivity contribution in [1.82, 2.24) is 9.38 Å². The Kier molecular flexibility index (Phi) is 2.95. The lowest BCUT2D eigenvalue weighted by Crippen LogP contribution is -1.96. The molecule has 0 radical (unpaired) electrons. The predicted octanol–water partition coefficient (Wildman–Crippen LogP) is 2.98. The van der Waals surface area contributed by atoms with Gasteiger partial charge in [0, 0.05) is 18.0 Å². The molecule has 2 aromatic heterocycles. The SMILES string of the molecule is Cc1c(C(=O)O)sc2nc(-c3ccccc3[N+](=O)[O-])cn12. The van der Waals surface area contributed by atoms with Gasteiger partial charge >= 0.3 is 5.97 Å². The van der Waals surface area contributed by atoms with Crippen LogP contribution in [0.25, 0.3) is 16.2 Å². The maximum atomic E-state index is 11.1. The molecule has 0 fully saturated rings. The van der Waals surface area contributed by atoms with Crippen molar-refractivity contribution in [1.29, 1.82) is 0 Å². The number of hydrogen-bond acceptors (Lipinski definition) is 5. The largest absolute Gasteiger partial charge is 0.477 e. The molecule has 3 rings (SSSR count). The fourth-order valence-electron chi connectivity index (χ4n) is 2.13. The summed E-state index contributed by atoms with van der Waals surface area (Å²) in [5, 5.41) is 20.1. The van der Waals surface area contributed by atoms with Gasteiger partial charge in [-0.3, -0.25) is 14.5 Å². The first-order chi connectivity index (χ1) is 9.99. The number of aromatic carboxylic acids is 1. The zero-order valence-corrected chi connectivity index (χ0v) is 11.6. The van der Waals surface area contributed by atoms with E-state index in [1.54, 1.807) is 35.7 Å². The number of hydrogen-bond donors (Lipinski definition) is 1. The van der Waals surface area contributed by atoms with Crippen LogP contribution in [0.3, 0.4) is 0 Å². The van der Waals surface area contributed by atoms with Crippen molar-refractivity contribution in [3.63, 3.8) is 0 Å². The average molecular weight is 303 g/mol. The molecule has 7 nitrogen and oxygen atoms in total. The Hall–Kier alpha value is -2.74. The summed E-state index contributed by atoms with van der Waals surface area (Å²) in [6, 6.07) is 6.33. The highest BCUT2D eigenvalue weighted by Crippen LogP contribution is 2.31. The number of imidazole rings is 1. The van der Waals surface area contributed by atoms with Crippen molar-refractivity contribution in [2.45, 2.75) is 6.92 Å². The molecule has 1 N–H and O–H groups in total. The fourth-order valence-corrected chi connectivity index (χ4v) is 3.08. The minimum atomic E-state index is -1.00. The maximum Gasteiger partial charge on any atom is 0.347 e. The molecule has 0 aliphatic carbocycles. The normalized spacial score (nSPS) is 10.9. The molecular formula is C13H9N3O4S. The number of thiazole rings is 1. The van der Waals surface area contributed by atoms with E-state index in [1.807, 2.05) is 0 Å². The maximum absolute atomic E-state index is 11.1. The van der Waals surface area contributed by atoms with Crippen molar-refractivity contribution >= 4 is 28.0 Å². The van der Waals surface area contributed by atoms with Crippen LogP contribution in [0.4, 0.5) is 5.69 Å². The van der Waals surface area contributed by atoms with Gasteiger partial charge in [0.05, 0.1) is 16.2 Å². The zero-order valence-electron chi connectivity index (χ0n) is 10.8. The second-order valence-electron chi connectivity index (χ2n) is 4.37. The first kappa shape index (κ1) is 13.3. The molecule has 0 atom stereocenters. The Morgan fingerprint density at radius 2 is 2.14 bits per heavy atom. The van der Waals surface area contributed by atoms with Gasteiger partial charge in [0.2, 0.25) is 0 Å². The highest BCUT2D eigenvalue weighted by Gasteiger charge is 2.20. The molecule has 21 heavy (non-hydrogen) atoms. The van der Waals surface area contributed by atoms with E-state index >= 15 is 0 Å². The molecule has 3 aromatic rings. The second-order valence-corrected chi connectivity index (χ2v) is 5.35. The quantitative estimate of drug-likeness (QED) is 0.592. The van der Waals surface area contributed by atoms with E-state index in [-0.39, 0.29) is 10.6 Å². The molecule has 0 aliphatic rings. The first-order valence-electron chi connectivity index (χ1n) is 5.94. The minimum absolute atomic E-state index is 0.0284. The van der Waals surface area contributed by atoms with Crippen LogP contribution >= 0.6 is 11.3 Å². The minimum Gasteiger partial charge on any atom is -0.477 e. The molecule has 0 saturated heterocycles. The first-order valence-corrected chi connectivity index (χ1v) is 6.76. The number of aromatic nitrogens is 2. The number of aryl methyl sites for hydroxylation is 1. The van der Waals surface area contributed by atoms with Gasteiger partial charge in [-0.2, -0.15) is 0 Å². The lowest BCUT2D eigenvalue weighted by molar-refractivity contribution is -0.384. The fraction of sp³-hybridized carbons (Fsp3) is 0.0769. The number of para-hydroxylation sites is 1. The van der Waals surface area contributed by atoms with E-state index in [9.17, 15) is 14.9 Å². The zero-order chi connectivity index (χ0) is 15.1. The van der Waals surface area contributed by atoms with Crippen molar-refractivity contribution < 1.29 is 14.8 Å². The summed E-state index contributed by atoms with van der Waals surface area (Å²) in [6.07, 6.45) is 1.62. The van der Waals surface area contributed by atoms with Gasteiger partial charge in [-0.05, 0) is 13.0 Å². The number of rotatable bonds is 3. The van der Waals surface area contributed by atoms with Gasteiger partial charge in [-0.15, -0.1) is 0 Å². The molecule has 2 heterocycles. The number of benzene rings is 1. The third kappa shape index (κ3) is 2.05. The summed E-state index contributed by atoms with van der Waals surface area (Å²) in [5.41, 5.74) is 1.39. The van der Waals surface area contributed by atoms with Gasteiger partial charge in [-0.1, -0.05) is 23.5 Å². The Morgan fingerprint density at radius 3 is 2.76 bits per heavy atom. The summed E-state index contributed by atoms with van der Waals surface area (Å²) in [6.45, 7) is 1.68. The molecule has 0 amide bonds. The monoisotopic (exact) mass is 303 g/mol. The molecule has 0 aliphatic heterocycles. The molecule has 0 spiro atoms. The third-order valence-electron chi connectivity index (χ3n) is 3.13. The summed E-state index contributed by atoms with van der Waals surface area (Å²) in [7, 11) is 0. The predicted molar refractivity (Wildman–Crippen MR) is 76.9 cm³/mol. The standard InChI is InChI=1S/C13H9N3O4S/c1-7-11(12(17)18)21-13-14-9(6-15(7)13)8-4-2-3-5-10(8)16(19)20/h2-6H,1H3,(H,17,18).